The molecule has 0 spiro atoms. The molecule has 1 unspecified atom stereocenters. The van der Waals surface area contributed by atoms with E-state index in [9.17, 15) is 5.11 Å². The number of nitrogens with zero attached hydrogens (tertiary/aromatic N) is 1. The van der Waals surface area contributed by atoms with Crippen molar-refractivity contribution in [3.05, 3.63) is 0 Å². The molecule has 2 fully saturated rings. The van der Waals surface area contributed by atoms with Crippen molar-refractivity contribution >= 4 is 0 Å². The van der Waals surface area contributed by atoms with Gasteiger partial charge in [0.15, 0.2) is 0 Å². The second kappa shape index (κ2) is 8.26. The van der Waals surface area contributed by atoms with Crippen LogP contribution in [0.2, 0.25) is 0 Å². The van der Waals surface area contributed by atoms with E-state index >= 15 is 0 Å². The Kier molecular flexibility index (Phi) is 6.66. The second-order valence-electron chi connectivity index (χ2n) is 6.81. The lowest BCUT2D eigenvalue weighted by atomic mass is 9.88. The summed E-state index contributed by atoms with van der Waals surface area (Å²) in [6.45, 7) is 3.14. The monoisotopic (exact) mass is 267 g/mol. The van der Waals surface area contributed by atoms with Gasteiger partial charge in [0.1, 0.15) is 0 Å². The molecule has 2 rings (SSSR count). The van der Waals surface area contributed by atoms with Gasteiger partial charge in [0, 0.05) is 12.1 Å². The largest absolute Gasteiger partial charge is 0.393 e. The molecule has 2 nitrogen and oxygen atoms in total. The maximum Gasteiger partial charge on any atom is 0.0512 e. The molecule has 1 atom stereocenters. The molecule has 2 aliphatic carbocycles. The van der Waals surface area contributed by atoms with Gasteiger partial charge in [-0.05, 0) is 52.0 Å². The Bertz CT molecular complexity index is 211. The molecule has 19 heavy (non-hydrogen) atoms. The van der Waals surface area contributed by atoms with Crippen LogP contribution in [-0.2, 0) is 0 Å². The minimum absolute atomic E-state index is 0.125. The first-order valence-corrected chi connectivity index (χ1v) is 8.71. The topological polar surface area (TPSA) is 23.5 Å². The van der Waals surface area contributed by atoms with Crippen LogP contribution in [0.4, 0.5) is 0 Å². The van der Waals surface area contributed by atoms with Crippen LogP contribution in [-0.4, -0.2) is 34.7 Å². The Morgan fingerprint density at radius 3 is 1.79 bits per heavy atom. The van der Waals surface area contributed by atoms with Gasteiger partial charge in [0.05, 0.1) is 6.10 Å². The van der Waals surface area contributed by atoms with Crippen molar-refractivity contribution in [3.63, 3.8) is 0 Å². The molecule has 2 saturated carbocycles. The third-order valence-corrected chi connectivity index (χ3v) is 5.13. The molecule has 1 N–H and O–H groups in total. The van der Waals surface area contributed by atoms with Crippen LogP contribution in [0.5, 0.6) is 0 Å². The molecular formula is C17H33NO. The lowest BCUT2D eigenvalue weighted by Crippen LogP contribution is -2.45. The average Bonchev–Trinajstić information content (AvgIpc) is 2.45. The van der Waals surface area contributed by atoms with Crippen LogP contribution < -0.4 is 0 Å². The van der Waals surface area contributed by atoms with Crippen molar-refractivity contribution in [2.24, 2.45) is 0 Å². The Hall–Kier alpha value is -0.0800. The normalized spacial score (nSPS) is 24.8. The molecule has 112 valence electrons. The summed E-state index contributed by atoms with van der Waals surface area (Å²) in [6, 6.07) is 1.71. The van der Waals surface area contributed by atoms with Crippen LogP contribution >= 0.6 is 0 Å². The van der Waals surface area contributed by atoms with Crippen LogP contribution in [0.15, 0.2) is 0 Å². The van der Waals surface area contributed by atoms with Gasteiger partial charge in [-0.15, -0.1) is 0 Å². The van der Waals surface area contributed by atoms with Crippen LogP contribution in [0, 0.1) is 0 Å². The van der Waals surface area contributed by atoms with Gasteiger partial charge in [0.25, 0.3) is 0 Å². The minimum Gasteiger partial charge on any atom is -0.393 e. The van der Waals surface area contributed by atoms with Crippen molar-refractivity contribution in [2.75, 3.05) is 6.54 Å². The van der Waals surface area contributed by atoms with E-state index in [4.69, 9.17) is 0 Å². The van der Waals surface area contributed by atoms with Crippen molar-refractivity contribution in [3.8, 4) is 0 Å². The molecule has 0 aliphatic heterocycles. The molecule has 0 radical (unpaired) electrons. The fourth-order valence-corrected chi connectivity index (χ4v) is 4.06. The summed E-state index contributed by atoms with van der Waals surface area (Å²) in [5, 5.41) is 9.47. The van der Waals surface area contributed by atoms with Gasteiger partial charge in [0.2, 0.25) is 0 Å². The van der Waals surface area contributed by atoms with E-state index in [0.717, 1.165) is 18.5 Å². The average molecular weight is 267 g/mol. The second-order valence-corrected chi connectivity index (χ2v) is 6.81. The van der Waals surface area contributed by atoms with Crippen molar-refractivity contribution in [1.29, 1.82) is 0 Å². The molecule has 0 aromatic carbocycles. The summed E-state index contributed by atoms with van der Waals surface area (Å²) in [4.78, 5) is 2.85. The van der Waals surface area contributed by atoms with Crippen molar-refractivity contribution in [2.45, 2.75) is 102 Å². The highest BCUT2D eigenvalue weighted by Crippen LogP contribution is 2.30. The van der Waals surface area contributed by atoms with Gasteiger partial charge in [-0.25, -0.2) is 0 Å². The predicted molar refractivity (Wildman–Crippen MR) is 81.4 cm³/mol. The number of hydrogen-bond donors (Lipinski definition) is 1. The molecule has 0 saturated heterocycles. The van der Waals surface area contributed by atoms with Crippen molar-refractivity contribution < 1.29 is 5.11 Å². The van der Waals surface area contributed by atoms with Crippen molar-refractivity contribution in [1.82, 2.24) is 4.90 Å². The Morgan fingerprint density at radius 1 is 0.895 bits per heavy atom. The molecule has 0 amide bonds. The highest BCUT2D eigenvalue weighted by Gasteiger charge is 2.28. The minimum atomic E-state index is -0.125. The van der Waals surface area contributed by atoms with Gasteiger partial charge in [-0.1, -0.05) is 38.5 Å². The third kappa shape index (κ3) is 5.07. The standard InChI is InChI=1S/C17H33NO/c1-15(19)9-8-14-18(16-10-4-2-5-11-16)17-12-6-3-7-13-17/h15-17,19H,2-14H2,1H3. The Morgan fingerprint density at radius 2 is 1.37 bits per heavy atom. The quantitative estimate of drug-likeness (QED) is 0.782. The molecule has 0 bridgehead atoms. The smallest absolute Gasteiger partial charge is 0.0512 e. The molecule has 0 aromatic heterocycles. The lowest BCUT2D eigenvalue weighted by Gasteiger charge is -2.42. The van der Waals surface area contributed by atoms with Gasteiger partial charge in [-0.2, -0.15) is 0 Å². The van der Waals surface area contributed by atoms with E-state index in [-0.39, 0.29) is 6.10 Å². The first-order valence-electron chi connectivity index (χ1n) is 8.71. The lowest BCUT2D eigenvalue weighted by molar-refractivity contribution is 0.0734. The summed E-state index contributed by atoms with van der Waals surface area (Å²) >= 11 is 0. The van der Waals surface area contributed by atoms with E-state index in [2.05, 4.69) is 4.90 Å². The zero-order chi connectivity index (χ0) is 13.5. The fraction of sp³-hybridized carbons (Fsp3) is 1.00. The first-order chi connectivity index (χ1) is 9.27. The fourth-order valence-electron chi connectivity index (χ4n) is 4.06. The third-order valence-electron chi connectivity index (χ3n) is 5.13. The molecule has 0 aromatic rings. The van der Waals surface area contributed by atoms with Gasteiger partial charge in [-0.3, -0.25) is 4.90 Å². The first kappa shape index (κ1) is 15.3. The van der Waals surface area contributed by atoms with E-state index in [1.54, 1.807) is 0 Å². The number of aliphatic hydroxyl groups excluding tert-OH is 1. The summed E-state index contributed by atoms with van der Waals surface area (Å²) in [5.74, 6) is 0. The van der Waals surface area contributed by atoms with E-state index < -0.39 is 0 Å². The van der Waals surface area contributed by atoms with E-state index in [1.165, 1.54) is 77.2 Å². The van der Waals surface area contributed by atoms with E-state index in [1.807, 2.05) is 6.92 Å². The summed E-state index contributed by atoms with van der Waals surface area (Å²) in [6.07, 6.45) is 16.3. The zero-order valence-corrected chi connectivity index (χ0v) is 12.8. The number of rotatable bonds is 6. The maximum atomic E-state index is 9.47. The van der Waals surface area contributed by atoms with E-state index in [0.29, 0.717) is 0 Å². The molecule has 2 aliphatic rings. The highest BCUT2D eigenvalue weighted by atomic mass is 16.3. The van der Waals surface area contributed by atoms with Crippen LogP contribution in [0.3, 0.4) is 0 Å². The number of aliphatic hydroxyl groups is 1. The Balaban J connectivity index is 1.86. The zero-order valence-electron chi connectivity index (χ0n) is 12.8. The van der Waals surface area contributed by atoms with Crippen LogP contribution in [0.1, 0.15) is 84.0 Å². The van der Waals surface area contributed by atoms with Crippen LogP contribution in [0.25, 0.3) is 0 Å². The predicted octanol–water partition coefficient (Wildman–Crippen LogP) is 4.11. The Labute approximate surface area is 119 Å². The highest BCUT2D eigenvalue weighted by molar-refractivity contribution is 4.83. The molecule has 2 heteroatoms. The van der Waals surface area contributed by atoms with Gasteiger partial charge < -0.3 is 5.11 Å². The molecular weight excluding hydrogens is 234 g/mol. The number of hydrogen-bond acceptors (Lipinski definition) is 2. The SMILES string of the molecule is CC(O)CCCN(C1CCCCC1)C1CCCCC1. The van der Waals surface area contributed by atoms with Gasteiger partial charge >= 0.3 is 0 Å². The summed E-state index contributed by atoms with van der Waals surface area (Å²) < 4.78 is 0. The summed E-state index contributed by atoms with van der Waals surface area (Å²) in [5.41, 5.74) is 0. The summed E-state index contributed by atoms with van der Waals surface area (Å²) in [7, 11) is 0. The molecule has 0 heterocycles. The maximum absolute atomic E-state index is 9.47.